The zero-order valence-corrected chi connectivity index (χ0v) is 14.4. The molecule has 2 amide bonds. The van der Waals surface area contributed by atoms with Gasteiger partial charge in [0.05, 0.1) is 5.56 Å². The van der Waals surface area contributed by atoms with Crippen molar-refractivity contribution in [1.29, 1.82) is 0 Å². The number of aromatic nitrogens is 1. The van der Waals surface area contributed by atoms with E-state index in [1.807, 2.05) is 43.3 Å². The topological polar surface area (TPSA) is 71.1 Å². The lowest BCUT2D eigenvalue weighted by atomic mass is 10.1. The smallest absolute Gasteiger partial charge is 0.255 e. The number of carbonyl (C=O) groups is 2. The Morgan fingerprint density at radius 1 is 0.885 bits per heavy atom. The Kier molecular flexibility index (Phi) is 5.39. The van der Waals surface area contributed by atoms with Crippen LogP contribution in [0.3, 0.4) is 0 Å². The number of rotatable bonds is 5. The maximum atomic E-state index is 12.2. The first-order valence-corrected chi connectivity index (χ1v) is 8.27. The van der Waals surface area contributed by atoms with Gasteiger partial charge in [-0.05, 0) is 48.9 Å². The van der Waals surface area contributed by atoms with Crippen LogP contribution >= 0.6 is 0 Å². The molecule has 0 saturated carbocycles. The highest BCUT2D eigenvalue weighted by atomic mass is 16.2. The number of carbonyl (C=O) groups excluding carboxylic acids is 2. The summed E-state index contributed by atoms with van der Waals surface area (Å²) in [5, 5.41) is 5.70. The molecule has 0 fully saturated rings. The summed E-state index contributed by atoms with van der Waals surface area (Å²) in [6.07, 6.45) is 3.15. The zero-order valence-electron chi connectivity index (χ0n) is 14.4. The minimum Gasteiger partial charge on any atom is -0.348 e. The molecule has 0 unspecified atom stereocenters. The number of pyridine rings is 1. The SMILES string of the molecule is Cc1ccc(C(=O)Nc2ccc(CNC(=O)c3cccnc3)cc2)cc1. The summed E-state index contributed by atoms with van der Waals surface area (Å²) in [5.41, 5.74) is 3.89. The molecule has 0 aliphatic rings. The van der Waals surface area contributed by atoms with Gasteiger partial charge in [0.1, 0.15) is 0 Å². The Morgan fingerprint density at radius 3 is 2.27 bits per heavy atom. The Morgan fingerprint density at radius 2 is 1.62 bits per heavy atom. The van der Waals surface area contributed by atoms with Gasteiger partial charge in [-0.2, -0.15) is 0 Å². The predicted molar refractivity (Wildman–Crippen MR) is 101 cm³/mol. The summed E-state index contributed by atoms with van der Waals surface area (Å²) >= 11 is 0. The number of hydrogen-bond donors (Lipinski definition) is 2. The van der Waals surface area contributed by atoms with Crippen molar-refractivity contribution >= 4 is 17.5 Å². The van der Waals surface area contributed by atoms with E-state index < -0.39 is 0 Å². The molecule has 0 spiro atoms. The van der Waals surface area contributed by atoms with Crippen molar-refractivity contribution in [2.24, 2.45) is 0 Å². The fourth-order valence-electron chi connectivity index (χ4n) is 2.40. The molecule has 26 heavy (non-hydrogen) atoms. The third kappa shape index (κ3) is 4.54. The normalized spacial score (nSPS) is 10.2. The fourth-order valence-corrected chi connectivity index (χ4v) is 2.40. The summed E-state index contributed by atoms with van der Waals surface area (Å²) < 4.78 is 0. The standard InChI is InChI=1S/C21H19N3O2/c1-15-4-8-17(9-5-15)21(26)24-19-10-6-16(7-11-19)13-23-20(25)18-3-2-12-22-14-18/h2-12,14H,13H2,1H3,(H,23,25)(H,24,26). The third-order valence-electron chi connectivity index (χ3n) is 3.90. The van der Waals surface area contributed by atoms with Gasteiger partial charge in [0, 0.05) is 30.2 Å². The summed E-state index contributed by atoms with van der Waals surface area (Å²) in [6.45, 7) is 2.38. The molecule has 5 heteroatoms. The molecule has 3 aromatic rings. The second-order valence-corrected chi connectivity index (χ2v) is 5.94. The Labute approximate surface area is 152 Å². The average molecular weight is 345 g/mol. The number of aryl methyl sites for hydroxylation is 1. The fraction of sp³-hybridized carbons (Fsp3) is 0.0952. The Bertz CT molecular complexity index is 889. The molecule has 0 atom stereocenters. The molecule has 5 nitrogen and oxygen atoms in total. The summed E-state index contributed by atoms with van der Waals surface area (Å²) in [4.78, 5) is 28.1. The highest BCUT2D eigenvalue weighted by molar-refractivity contribution is 6.04. The van der Waals surface area contributed by atoms with E-state index in [0.29, 0.717) is 23.4 Å². The van der Waals surface area contributed by atoms with Crippen molar-refractivity contribution in [3.8, 4) is 0 Å². The lowest BCUT2D eigenvalue weighted by Gasteiger charge is -2.08. The van der Waals surface area contributed by atoms with Gasteiger partial charge in [-0.25, -0.2) is 0 Å². The van der Waals surface area contributed by atoms with Crippen LogP contribution in [0.15, 0.2) is 73.1 Å². The van der Waals surface area contributed by atoms with E-state index in [-0.39, 0.29) is 11.8 Å². The minimum absolute atomic E-state index is 0.150. The van der Waals surface area contributed by atoms with Crippen LogP contribution in [-0.4, -0.2) is 16.8 Å². The van der Waals surface area contributed by atoms with E-state index in [1.54, 1.807) is 30.5 Å². The molecule has 2 N–H and O–H groups in total. The number of nitrogens with zero attached hydrogens (tertiary/aromatic N) is 1. The number of benzene rings is 2. The number of anilines is 1. The molecule has 2 aromatic carbocycles. The first-order chi connectivity index (χ1) is 12.6. The predicted octanol–water partition coefficient (Wildman–Crippen LogP) is 3.57. The monoisotopic (exact) mass is 345 g/mol. The molecule has 130 valence electrons. The number of hydrogen-bond acceptors (Lipinski definition) is 3. The molecular formula is C21H19N3O2. The summed E-state index contributed by atoms with van der Waals surface area (Å²) in [7, 11) is 0. The molecule has 0 aliphatic carbocycles. The van der Waals surface area contributed by atoms with E-state index in [9.17, 15) is 9.59 Å². The third-order valence-corrected chi connectivity index (χ3v) is 3.90. The molecule has 0 aliphatic heterocycles. The van der Waals surface area contributed by atoms with E-state index >= 15 is 0 Å². The van der Waals surface area contributed by atoms with Gasteiger partial charge in [0.15, 0.2) is 0 Å². The van der Waals surface area contributed by atoms with Crippen LogP contribution in [0.4, 0.5) is 5.69 Å². The number of nitrogens with one attached hydrogen (secondary N) is 2. The van der Waals surface area contributed by atoms with Crippen molar-refractivity contribution in [2.45, 2.75) is 13.5 Å². The van der Waals surface area contributed by atoms with Gasteiger partial charge in [0.25, 0.3) is 11.8 Å². The Hall–Kier alpha value is -3.47. The van der Waals surface area contributed by atoms with Gasteiger partial charge >= 0.3 is 0 Å². The largest absolute Gasteiger partial charge is 0.348 e. The van der Waals surface area contributed by atoms with Crippen molar-refractivity contribution in [2.75, 3.05) is 5.32 Å². The molecule has 0 saturated heterocycles. The van der Waals surface area contributed by atoms with Crippen LogP contribution in [-0.2, 0) is 6.54 Å². The van der Waals surface area contributed by atoms with Gasteiger partial charge in [-0.15, -0.1) is 0 Å². The van der Waals surface area contributed by atoms with Crippen LogP contribution in [0.1, 0.15) is 31.8 Å². The first kappa shape index (κ1) is 17.4. The summed E-state index contributed by atoms with van der Waals surface area (Å²) in [5.74, 6) is -0.322. The second-order valence-electron chi connectivity index (χ2n) is 5.94. The van der Waals surface area contributed by atoms with Gasteiger partial charge in [-0.1, -0.05) is 29.8 Å². The minimum atomic E-state index is -0.171. The van der Waals surface area contributed by atoms with Crippen molar-refractivity contribution in [1.82, 2.24) is 10.3 Å². The molecule has 3 rings (SSSR count). The molecule has 1 heterocycles. The Balaban J connectivity index is 1.55. The van der Waals surface area contributed by atoms with Gasteiger partial charge < -0.3 is 10.6 Å². The van der Waals surface area contributed by atoms with Crippen molar-refractivity contribution < 1.29 is 9.59 Å². The first-order valence-electron chi connectivity index (χ1n) is 8.27. The van der Waals surface area contributed by atoms with E-state index in [4.69, 9.17) is 0 Å². The maximum absolute atomic E-state index is 12.2. The highest BCUT2D eigenvalue weighted by Crippen LogP contribution is 2.12. The maximum Gasteiger partial charge on any atom is 0.255 e. The second kappa shape index (κ2) is 8.07. The average Bonchev–Trinajstić information content (AvgIpc) is 2.68. The van der Waals surface area contributed by atoms with Crippen LogP contribution in [0.25, 0.3) is 0 Å². The van der Waals surface area contributed by atoms with E-state index in [2.05, 4.69) is 15.6 Å². The van der Waals surface area contributed by atoms with Crippen LogP contribution in [0.5, 0.6) is 0 Å². The van der Waals surface area contributed by atoms with Gasteiger partial charge in [0.2, 0.25) is 0 Å². The lowest BCUT2D eigenvalue weighted by molar-refractivity contribution is 0.0949. The lowest BCUT2D eigenvalue weighted by Crippen LogP contribution is -2.22. The van der Waals surface area contributed by atoms with Crippen LogP contribution in [0.2, 0.25) is 0 Å². The van der Waals surface area contributed by atoms with E-state index in [1.165, 1.54) is 6.20 Å². The zero-order chi connectivity index (χ0) is 18.4. The number of amides is 2. The molecular weight excluding hydrogens is 326 g/mol. The highest BCUT2D eigenvalue weighted by Gasteiger charge is 2.07. The van der Waals surface area contributed by atoms with Crippen LogP contribution < -0.4 is 10.6 Å². The van der Waals surface area contributed by atoms with Gasteiger partial charge in [-0.3, -0.25) is 14.6 Å². The van der Waals surface area contributed by atoms with Crippen LogP contribution in [0, 0.1) is 6.92 Å². The summed E-state index contributed by atoms with van der Waals surface area (Å²) in [6, 6.07) is 18.2. The van der Waals surface area contributed by atoms with Crippen molar-refractivity contribution in [3.05, 3.63) is 95.3 Å². The quantitative estimate of drug-likeness (QED) is 0.742. The van der Waals surface area contributed by atoms with Crippen molar-refractivity contribution in [3.63, 3.8) is 0 Å². The van der Waals surface area contributed by atoms with E-state index in [0.717, 1.165) is 11.1 Å². The molecule has 1 aromatic heterocycles. The molecule has 0 radical (unpaired) electrons. The molecule has 0 bridgehead atoms.